The molecule has 0 bridgehead atoms. The van der Waals surface area contributed by atoms with Gasteiger partial charge < -0.3 is 9.67 Å². The van der Waals surface area contributed by atoms with Gasteiger partial charge in [-0.05, 0) is 37.5 Å². The maximum Gasteiger partial charge on any atom is 0.337 e. The first-order valence-corrected chi connectivity index (χ1v) is 6.89. The molecule has 2 aromatic rings. The van der Waals surface area contributed by atoms with Crippen LogP contribution in [-0.2, 0) is 13.0 Å². The number of benzene rings is 1. The maximum absolute atomic E-state index is 11.8. The molecular weight excluding hydrogens is 254 g/mol. The van der Waals surface area contributed by atoms with Gasteiger partial charge in [0.15, 0.2) is 5.78 Å². The second-order valence-electron chi connectivity index (χ2n) is 4.99. The predicted molar refractivity (Wildman–Crippen MR) is 78.6 cm³/mol. The van der Waals surface area contributed by atoms with Gasteiger partial charge in [0.05, 0.1) is 11.1 Å². The zero-order valence-corrected chi connectivity index (χ0v) is 12.1. The summed E-state index contributed by atoms with van der Waals surface area (Å²) >= 11 is 0. The molecule has 0 atom stereocenters. The normalized spacial score (nSPS) is 10.9. The van der Waals surface area contributed by atoms with E-state index in [0.29, 0.717) is 17.6 Å². The number of fused-ring (bicyclic) bond motifs is 1. The molecular formula is C16H19NO3. The highest BCUT2D eigenvalue weighted by Gasteiger charge is 2.19. The lowest BCUT2D eigenvalue weighted by molar-refractivity contribution is 0.0698. The fourth-order valence-electron chi connectivity index (χ4n) is 2.56. The Morgan fingerprint density at radius 3 is 2.40 bits per heavy atom. The van der Waals surface area contributed by atoms with Crippen molar-refractivity contribution in [3.8, 4) is 0 Å². The molecule has 0 unspecified atom stereocenters. The molecule has 106 valence electrons. The molecule has 0 aliphatic carbocycles. The molecule has 1 aromatic heterocycles. The highest BCUT2D eigenvalue weighted by atomic mass is 16.4. The Bertz CT molecular complexity index is 683. The molecule has 0 amide bonds. The number of carbonyl (C=O) groups is 2. The maximum atomic E-state index is 11.8. The van der Waals surface area contributed by atoms with E-state index in [2.05, 4.69) is 0 Å². The molecule has 20 heavy (non-hydrogen) atoms. The van der Waals surface area contributed by atoms with Gasteiger partial charge in [0, 0.05) is 23.7 Å². The number of carboxylic acids is 1. The average Bonchev–Trinajstić information content (AvgIpc) is 2.77. The second kappa shape index (κ2) is 5.49. The van der Waals surface area contributed by atoms with Crippen molar-refractivity contribution < 1.29 is 14.7 Å². The van der Waals surface area contributed by atoms with Crippen LogP contribution in [-0.4, -0.2) is 21.4 Å². The molecule has 4 heteroatoms. The van der Waals surface area contributed by atoms with Crippen LogP contribution in [0, 0.1) is 0 Å². The zero-order valence-electron chi connectivity index (χ0n) is 12.1. The fraction of sp³-hybridized carbons (Fsp3) is 0.375. The van der Waals surface area contributed by atoms with Gasteiger partial charge in [-0.2, -0.15) is 0 Å². The number of ketones is 1. The molecule has 0 spiro atoms. The van der Waals surface area contributed by atoms with E-state index in [1.165, 1.54) is 6.92 Å². The summed E-state index contributed by atoms with van der Waals surface area (Å²) in [5, 5.41) is 10.2. The molecule has 2 rings (SSSR count). The highest BCUT2D eigenvalue weighted by Crippen LogP contribution is 2.28. The number of hydrogen-bond donors (Lipinski definition) is 1. The molecule has 1 heterocycles. The van der Waals surface area contributed by atoms with Gasteiger partial charge in [-0.25, -0.2) is 4.79 Å². The van der Waals surface area contributed by atoms with Crippen LogP contribution in [0.25, 0.3) is 10.9 Å². The summed E-state index contributed by atoms with van der Waals surface area (Å²) in [6.45, 7) is 6.23. The molecule has 0 aliphatic heterocycles. The molecule has 0 saturated carbocycles. The number of carboxylic acid groups (broad SMARTS) is 1. The molecule has 0 saturated heterocycles. The van der Waals surface area contributed by atoms with Crippen molar-refractivity contribution in [1.82, 2.24) is 4.57 Å². The van der Waals surface area contributed by atoms with E-state index in [-0.39, 0.29) is 11.3 Å². The van der Waals surface area contributed by atoms with Gasteiger partial charge in [-0.3, -0.25) is 4.79 Å². The Kier molecular flexibility index (Phi) is 3.93. The predicted octanol–water partition coefficient (Wildman–Crippen LogP) is 3.51. The Morgan fingerprint density at radius 2 is 1.90 bits per heavy atom. The van der Waals surface area contributed by atoms with Gasteiger partial charge in [0.1, 0.15) is 0 Å². The Labute approximate surface area is 118 Å². The van der Waals surface area contributed by atoms with Crippen molar-refractivity contribution in [1.29, 1.82) is 0 Å². The molecule has 1 N–H and O–H groups in total. The van der Waals surface area contributed by atoms with E-state index in [4.69, 9.17) is 0 Å². The Hall–Kier alpha value is -2.10. The van der Waals surface area contributed by atoms with Crippen LogP contribution in [0.2, 0.25) is 0 Å². The summed E-state index contributed by atoms with van der Waals surface area (Å²) in [5.74, 6) is -0.981. The summed E-state index contributed by atoms with van der Waals surface area (Å²) in [4.78, 5) is 23.3. The summed E-state index contributed by atoms with van der Waals surface area (Å²) in [6, 6.07) is 3.64. The van der Waals surface area contributed by atoms with Gasteiger partial charge in [-0.15, -0.1) is 0 Å². The van der Waals surface area contributed by atoms with Crippen molar-refractivity contribution >= 4 is 22.7 Å². The molecule has 0 fully saturated rings. The lowest BCUT2D eigenvalue weighted by Gasteiger charge is -2.08. The number of aryl methyl sites for hydroxylation is 2. The zero-order chi connectivity index (χ0) is 14.9. The van der Waals surface area contributed by atoms with Crippen molar-refractivity contribution in [2.75, 3.05) is 0 Å². The van der Waals surface area contributed by atoms with E-state index < -0.39 is 5.97 Å². The summed E-state index contributed by atoms with van der Waals surface area (Å²) in [5.41, 5.74) is 2.47. The van der Waals surface area contributed by atoms with Crippen LogP contribution in [0.5, 0.6) is 0 Å². The number of Topliss-reactive ketones (excluding diaryl/α,β-unsaturated/α-hetero) is 1. The monoisotopic (exact) mass is 273 g/mol. The van der Waals surface area contributed by atoms with E-state index in [0.717, 1.165) is 23.8 Å². The molecule has 0 aliphatic rings. The minimum absolute atomic E-state index is 0.0329. The topological polar surface area (TPSA) is 59.3 Å². The molecule has 1 aromatic carbocycles. The first-order valence-electron chi connectivity index (χ1n) is 6.89. The number of rotatable bonds is 5. The van der Waals surface area contributed by atoms with E-state index in [1.54, 1.807) is 12.3 Å². The second-order valence-corrected chi connectivity index (χ2v) is 4.99. The van der Waals surface area contributed by atoms with Crippen LogP contribution < -0.4 is 0 Å². The number of nitrogens with zero attached hydrogens (tertiary/aromatic N) is 1. The lowest BCUT2D eigenvalue weighted by atomic mass is 10.0. The van der Waals surface area contributed by atoms with E-state index in [9.17, 15) is 14.7 Å². The minimum atomic E-state index is -0.948. The first kappa shape index (κ1) is 14.3. The van der Waals surface area contributed by atoms with Crippen LogP contribution in [0.3, 0.4) is 0 Å². The lowest BCUT2D eigenvalue weighted by Crippen LogP contribution is -2.04. The van der Waals surface area contributed by atoms with Crippen LogP contribution in [0.15, 0.2) is 18.3 Å². The van der Waals surface area contributed by atoms with Crippen molar-refractivity contribution in [3.05, 3.63) is 35.0 Å². The summed E-state index contributed by atoms with van der Waals surface area (Å²) in [7, 11) is 0. The summed E-state index contributed by atoms with van der Waals surface area (Å²) < 4.78 is 1.88. The van der Waals surface area contributed by atoms with Crippen molar-refractivity contribution in [2.45, 2.75) is 40.2 Å². The van der Waals surface area contributed by atoms with Crippen molar-refractivity contribution in [3.63, 3.8) is 0 Å². The van der Waals surface area contributed by atoms with Crippen molar-refractivity contribution in [2.24, 2.45) is 0 Å². The third-order valence-corrected chi connectivity index (χ3v) is 3.51. The standard InChI is InChI=1S/C16H19NO3/c1-4-6-17-9-14(10(3)18)12-7-11(5-2)8-13(15(12)17)16(19)20/h7-9H,4-6H2,1-3H3,(H,19,20). The minimum Gasteiger partial charge on any atom is -0.478 e. The highest BCUT2D eigenvalue weighted by molar-refractivity contribution is 6.12. The van der Waals surface area contributed by atoms with Crippen LogP contribution in [0.4, 0.5) is 0 Å². The number of carbonyl (C=O) groups excluding carboxylic acids is 1. The van der Waals surface area contributed by atoms with Crippen LogP contribution in [0.1, 0.15) is 53.5 Å². The number of hydrogen-bond acceptors (Lipinski definition) is 2. The number of aromatic carboxylic acids is 1. The van der Waals surface area contributed by atoms with Crippen LogP contribution >= 0.6 is 0 Å². The first-order chi connectivity index (χ1) is 9.49. The quantitative estimate of drug-likeness (QED) is 0.848. The smallest absolute Gasteiger partial charge is 0.337 e. The third kappa shape index (κ3) is 2.33. The Balaban J connectivity index is 2.88. The van der Waals surface area contributed by atoms with Gasteiger partial charge >= 0.3 is 5.97 Å². The SMILES string of the molecule is CCCn1cc(C(C)=O)c2cc(CC)cc(C(=O)O)c21. The molecule has 0 radical (unpaired) electrons. The Morgan fingerprint density at radius 1 is 1.20 bits per heavy atom. The number of aromatic nitrogens is 1. The van der Waals surface area contributed by atoms with E-state index in [1.807, 2.05) is 24.5 Å². The average molecular weight is 273 g/mol. The molecule has 4 nitrogen and oxygen atoms in total. The largest absolute Gasteiger partial charge is 0.478 e. The fourth-order valence-corrected chi connectivity index (χ4v) is 2.56. The third-order valence-electron chi connectivity index (χ3n) is 3.51. The van der Waals surface area contributed by atoms with Gasteiger partial charge in [0.25, 0.3) is 0 Å². The summed E-state index contributed by atoms with van der Waals surface area (Å²) in [6.07, 6.45) is 3.41. The van der Waals surface area contributed by atoms with E-state index >= 15 is 0 Å². The van der Waals surface area contributed by atoms with Gasteiger partial charge in [-0.1, -0.05) is 13.8 Å². The van der Waals surface area contributed by atoms with Gasteiger partial charge in [0.2, 0.25) is 0 Å².